The third-order valence-corrected chi connectivity index (χ3v) is 11.1. The molecule has 8 rings (SSSR count). The molecule has 0 fully saturated rings. The number of hydrogen-bond donors (Lipinski definition) is 0. The minimum atomic E-state index is 0.647. The number of fused-ring (bicyclic) bond motifs is 4. The van der Waals surface area contributed by atoms with Gasteiger partial charge in [-0.2, -0.15) is 0 Å². The zero-order valence-electron chi connectivity index (χ0n) is 38.7. The fourth-order valence-corrected chi connectivity index (χ4v) is 8.24. The Balaban J connectivity index is 0.000000352. The fraction of sp³-hybridized carbons (Fsp3) is 0.640. The van der Waals surface area contributed by atoms with Gasteiger partial charge in [-0.15, -0.1) is 0 Å². The van der Waals surface area contributed by atoms with Crippen LogP contribution in [-0.4, -0.2) is 29.9 Å². The van der Waals surface area contributed by atoms with Crippen molar-refractivity contribution in [3.63, 3.8) is 0 Å². The van der Waals surface area contributed by atoms with Gasteiger partial charge in [-0.3, -0.25) is 19.9 Å². The van der Waals surface area contributed by atoms with Gasteiger partial charge in [0, 0.05) is 54.7 Å². The first-order valence-corrected chi connectivity index (χ1v) is 22.6. The molecule has 4 aliphatic rings. The van der Waals surface area contributed by atoms with E-state index in [1.54, 1.807) is 18.7 Å². The van der Waals surface area contributed by atoms with Crippen molar-refractivity contribution in [2.24, 2.45) is 23.7 Å². The highest BCUT2D eigenvalue weighted by Gasteiger charge is 2.28. The first-order chi connectivity index (χ1) is 27.2. The van der Waals surface area contributed by atoms with Crippen molar-refractivity contribution in [3.05, 3.63) is 107 Å². The average Bonchev–Trinajstić information content (AvgIpc) is 4.06. The third kappa shape index (κ3) is 14.4. The zero-order valence-corrected chi connectivity index (χ0v) is 38.7. The summed E-state index contributed by atoms with van der Waals surface area (Å²) in [5, 5.41) is 0. The van der Waals surface area contributed by atoms with Crippen molar-refractivity contribution >= 4 is 0 Å². The van der Waals surface area contributed by atoms with Crippen molar-refractivity contribution in [2.75, 3.05) is 0 Å². The summed E-state index contributed by atoms with van der Waals surface area (Å²) in [6.07, 6.45) is 22.9. The summed E-state index contributed by atoms with van der Waals surface area (Å²) in [5.74, 6) is 5.76. The van der Waals surface area contributed by atoms with E-state index >= 15 is 0 Å². The first-order valence-electron chi connectivity index (χ1n) is 22.6. The highest BCUT2D eigenvalue weighted by molar-refractivity contribution is 5.32. The van der Waals surface area contributed by atoms with Gasteiger partial charge in [0.1, 0.15) is 6.33 Å². The number of hydrogen-bond acceptors (Lipinski definition) is 6. The topological polar surface area (TPSA) is 77.3 Å². The molecule has 0 aliphatic heterocycles. The minimum absolute atomic E-state index is 0.647. The maximum Gasteiger partial charge on any atom is 0.115 e. The van der Waals surface area contributed by atoms with E-state index < -0.39 is 0 Å². The molecule has 4 aromatic heterocycles. The van der Waals surface area contributed by atoms with Gasteiger partial charge in [-0.1, -0.05) is 117 Å². The molecule has 4 unspecified atom stereocenters. The highest BCUT2D eigenvalue weighted by atomic mass is 14.8. The minimum Gasteiger partial charge on any atom is -0.264 e. The molecule has 4 aliphatic carbocycles. The molecule has 0 aromatic carbocycles. The second-order valence-electron chi connectivity index (χ2n) is 15.5. The quantitative estimate of drug-likeness (QED) is 0.206. The van der Waals surface area contributed by atoms with E-state index in [4.69, 9.17) is 0 Å². The molecule has 0 saturated carbocycles. The van der Waals surface area contributed by atoms with Crippen molar-refractivity contribution < 1.29 is 0 Å². The molecule has 0 amide bonds. The molecule has 312 valence electrons. The molecule has 0 spiro atoms. The maximum atomic E-state index is 4.40. The smallest absolute Gasteiger partial charge is 0.115 e. The van der Waals surface area contributed by atoms with Crippen LogP contribution in [0.5, 0.6) is 0 Å². The highest BCUT2D eigenvalue weighted by Crippen LogP contribution is 2.39. The van der Waals surface area contributed by atoms with Crippen molar-refractivity contribution in [2.45, 2.75) is 186 Å². The number of pyridine rings is 2. The van der Waals surface area contributed by atoms with Crippen LogP contribution in [0, 0.1) is 23.7 Å². The number of nitrogens with zero attached hydrogens (tertiary/aromatic N) is 6. The summed E-state index contributed by atoms with van der Waals surface area (Å²) in [6.45, 7) is 34.2. The van der Waals surface area contributed by atoms with Crippen LogP contribution in [0.15, 0.2) is 61.7 Å². The van der Waals surface area contributed by atoms with E-state index in [0.29, 0.717) is 23.7 Å². The standard InChI is InChI=1S/2C11H15N.2C10H14N2.4C2H6/c1-8(2)10-4-3-9-5-6-12-7-11(9)10;1-8(2)9-5-6-11-10(9)4-3-7-12-11;1-7(2)9-4-3-8-5-11-6-12-10(8)9;1-7(2)8-3-4-9-10(8)12-6-5-11-9;4*1-2/h5-8,10H,3-4H2,1-2H3;3-4,7-9H,5-6H2,1-2H3;5-7,9H,3-4H2,1-2H3;5-8H,3-4H2,1-2H3;4*1-2H3. The Morgan fingerprint density at radius 1 is 0.429 bits per heavy atom. The van der Waals surface area contributed by atoms with E-state index in [0.717, 1.165) is 30.1 Å². The van der Waals surface area contributed by atoms with Crippen molar-refractivity contribution in [1.29, 1.82) is 0 Å². The molecule has 0 bridgehead atoms. The van der Waals surface area contributed by atoms with Crippen LogP contribution in [0.25, 0.3) is 0 Å². The first kappa shape index (κ1) is 50.5. The van der Waals surface area contributed by atoms with E-state index in [9.17, 15) is 0 Å². The lowest BCUT2D eigenvalue weighted by atomic mass is 9.91. The SMILES string of the molecule is CC.CC.CC.CC.CC(C)C1CCc2ccncc21.CC(C)C1CCc2cncnc21.CC(C)C1CCc2ncccc21.CC(C)C1CCc2nccnc21. The van der Waals surface area contributed by atoms with Crippen LogP contribution in [0.2, 0.25) is 0 Å². The van der Waals surface area contributed by atoms with Gasteiger partial charge in [-0.05, 0) is 121 Å². The molecule has 0 N–H and O–H groups in total. The van der Waals surface area contributed by atoms with Crippen molar-refractivity contribution in [3.8, 4) is 0 Å². The Morgan fingerprint density at radius 2 is 0.929 bits per heavy atom. The van der Waals surface area contributed by atoms with Gasteiger partial charge >= 0.3 is 0 Å². The van der Waals surface area contributed by atoms with E-state index in [1.165, 1.54) is 90.0 Å². The van der Waals surface area contributed by atoms with Crippen LogP contribution < -0.4 is 0 Å². The molecular formula is C50H82N6. The molecule has 4 atom stereocenters. The largest absolute Gasteiger partial charge is 0.264 e. The van der Waals surface area contributed by atoms with Gasteiger partial charge in [-0.25, -0.2) is 9.97 Å². The van der Waals surface area contributed by atoms with Gasteiger partial charge < -0.3 is 0 Å². The summed E-state index contributed by atoms with van der Waals surface area (Å²) < 4.78 is 0. The lowest BCUT2D eigenvalue weighted by Gasteiger charge is -2.14. The molecule has 56 heavy (non-hydrogen) atoms. The normalized spacial score (nSPS) is 18.8. The average molecular weight is 767 g/mol. The molecule has 0 saturated heterocycles. The van der Waals surface area contributed by atoms with Gasteiger partial charge in [0.15, 0.2) is 0 Å². The molecule has 6 heteroatoms. The lowest BCUT2D eigenvalue weighted by molar-refractivity contribution is 0.487. The van der Waals surface area contributed by atoms with Crippen LogP contribution in [-0.2, 0) is 25.7 Å². The summed E-state index contributed by atoms with van der Waals surface area (Å²) >= 11 is 0. The second-order valence-corrected chi connectivity index (χ2v) is 15.5. The van der Waals surface area contributed by atoms with Crippen LogP contribution in [0.1, 0.15) is 205 Å². The van der Waals surface area contributed by atoms with Gasteiger partial charge in [0.25, 0.3) is 0 Å². The predicted molar refractivity (Wildman–Crippen MR) is 242 cm³/mol. The Bertz CT molecular complexity index is 1360. The predicted octanol–water partition coefficient (Wildman–Crippen LogP) is 14.0. The van der Waals surface area contributed by atoms with Crippen molar-refractivity contribution in [1.82, 2.24) is 29.9 Å². The summed E-state index contributed by atoms with van der Waals surface area (Å²) in [5.41, 5.74) is 10.9. The summed E-state index contributed by atoms with van der Waals surface area (Å²) in [6, 6.07) is 6.46. The Hall–Kier alpha value is -3.54. The monoisotopic (exact) mass is 767 g/mol. The lowest BCUT2D eigenvalue weighted by Crippen LogP contribution is -2.04. The van der Waals surface area contributed by atoms with Gasteiger partial charge in [0.2, 0.25) is 0 Å². The molecular weight excluding hydrogens is 685 g/mol. The van der Waals surface area contributed by atoms with Crippen LogP contribution in [0.3, 0.4) is 0 Å². The number of aromatic nitrogens is 6. The van der Waals surface area contributed by atoms with E-state index in [1.807, 2.05) is 80.2 Å². The molecule has 0 radical (unpaired) electrons. The maximum absolute atomic E-state index is 4.40. The number of aryl methyl sites for hydroxylation is 4. The Morgan fingerprint density at radius 3 is 1.57 bits per heavy atom. The molecule has 6 nitrogen and oxygen atoms in total. The van der Waals surface area contributed by atoms with Crippen LogP contribution in [0.4, 0.5) is 0 Å². The summed E-state index contributed by atoms with van der Waals surface area (Å²) in [7, 11) is 0. The Kier molecular flexibility index (Phi) is 25.2. The molecule has 4 heterocycles. The fourth-order valence-electron chi connectivity index (χ4n) is 8.24. The Labute approximate surface area is 345 Å². The molecule has 4 aromatic rings. The van der Waals surface area contributed by atoms with Gasteiger partial charge in [0.05, 0.1) is 17.1 Å². The third-order valence-electron chi connectivity index (χ3n) is 11.1. The zero-order chi connectivity index (χ0) is 42.2. The van der Waals surface area contributed by atoms with E-state index in [-0.39, 0.29) is 0 Å². The summed E-state index contributed by atoms with van der Waals surface area (Å²) in [4.78, 5) is 25.7. The van der Waals surface area contributed by atoms with E-state index in [2.05, 4.69) is 103 Å². The number of rotatable bonds is 4. The van der Waals surface area contributed by atoms with Crippen LogP contribution >= 0.6 is 0 Å². The second kappa shape index (κ2) is 28.0.